The fraction of sp³-hybridized carbons (Fsp3) is 0.235. The Labute approximate surface area is 127 Å². The number of hydrogen-bond acceptors (Lipinski definition) is 2. The van der Waals surface area contributed by atoms with Gasteiger partial charge in [-0.15, -0.1) is 0 Å². The summed E-state index contributed by atoms with van der Waals surface area (Å²) >= 11 is 5.92. The fourth-order valence-electron chi connectivity index (χ4n) is 2.69. The van der Waals surface area contributed by atoms with Gasteiger partial charge in [-0.3, -0.25) is 0 Å². The van der Waals surface area contributed by atoms with Crippen LogP contribution in [-0.2, 0) is 12.8 Å². The summed E-state index contributed by atoms with van der Waals surface area (Å²) in [5, 5.41) is 10.1. The third-order valence-corrected chi connectivity index (χ3v) is 4.01. The van der Waals surface area contributed by atoms with Gasteiger partial charge in [-0.2, -0.15) is 5.26 Å². The molecule has 106 valence electrons. The van der Waals surface area contributed by atoms with Crippen molar-refractivity contribution in [3.63, 3.8) is 0 Å². The van der Waals surface area contributed by atoms with E-state index >= 15 is 0 Å². The Bertz CT molecular complexity index is 725. The molecule has 0 amide bonds. The minimum atomic E-state index is -0.764. The minimum Gasteiger partial charge on any atom is -0.492 e. The van der Waals surface area contributed by atoms with Gasteiger partial charge in [-0.25, -0.2) is 4.39 Å². The van der Waals surface area contributed by atoms with Crippen LogP contribution in [0, 0.1) is 22.6 Å². The summed E-state index contributed by atoms with van der Waals surface area (Å²) < 4.78 is 19.6. The Balaban J connectivity index is 1.93. The van der Waals surface area contributed by atoms with Gasteiger partial charge in [-0.05, 0) is 48.2 Å². The van der Waals surface area contributed by atoms with Crippen molar-refractivity contribution < 1.29 is 9.13 Å². The van der Waals surface area contributed by atoms with E-state index in [-0.39, 0.29) is 18.8 Å². The van der Waals surface area contributed by atoms with Crippen LogP contribution in [0.25, 0.3) is 0 Å². The van der Waals surface area contributed by atoms with Gasteiger partial charge in [0.25, 0.3) is 0 Å². The van der Waals surface area contributed by atoms with E-state index in [2.05, 4.69) is 6.07 Å². The Morgan fingerprint density at radius 3 is 2.90 bits per heavy atom. The summed E-state index contributed by atoms with van der Waals surface area (Å²) in [5.41, 5.74) is 0.666. The first-order chi connectivity index (χ1) is 10.1. The van der Waals surface area contributed by atoms with Crippen molar-refractivity contribution in [2.45, 2.75) is 12.8 Å². The molecule has 0 spiro atoms. The van der Waals surface area contributed by atoms with Gasteiger partial charge in [-0.1, -0.05) is 29.8 Å². The number of benzene rings is 2. The number of nitrogens with zero attached hydrogens (tertiary/aromatic N) is 1. The molecule has 0 N–H and O–H groups in total. The Kier molecular flexibility index (Phi) is 3.57. The second-order valence-electron chi connectivity index (χ2n) is 5.38. The maximum Gasteiger partial charge on any atom is 0.126 e. The lowest BCUT2D eigenvalue weighted by molar-refractivity contribution is 0.168. The van der Waals surface area contributed by atoms with Crippen LogP contribution in [0.4, 0.5) is 4.39 Å². The Hall–Kier alpha value is -2.05. The number of nitriles is 1. The summed E-state index contributed by atoms with van der Waals surface area (Å²) in [4.78, 5) is 0. The molecule has 0 saturated heterocycles. The molecule has 0 aliphatic carbocycles. The van der Waals surface area contributed by atoms with Gasteiger partial charge in [0, 0.05) is 5.02 Å². The van der Waals surface area contributed by atoms with E-state index in [1.54, 1.807) is 6.07 Å². The molecule has 1 heterocycles. The molecular weight excluding hydrogens is 289 g/mol. The molecule has 2 aromatic carbocycles. The van der Waals surface area contributed by atoms with Crippen LogP contribution in [0.15, 0.2) is 42.5 Å². The summed E-state index contributed by atoms with van der Waals surface area (Å²) in [7, 11) is 0. The number of hydrogen-bond donors (Lipinski definition) is 0. The highest BCUT2D eigenvalue weighted by molar-refractivity contribution is 6.30. The normalized spacial score (nSPS) is 20.2. The van der Waals surface area contributed by atoms with E-state index < -0.39 is 5.41 Å². The molecular formula is C17H13ClFNO. The third kappa shape index (κ3) is 2.72. The fourth-order valence-corrected chi connectivity index (χ4v) is 2.89. The molecule has 2 nitrogen and oxygen atoms in total. The minimum absolute atomic E-state index is 0.256. The van der Waals surface area contributed by atoms with E-state index in [1.165, 1.54) is 12.1 Å². The molecule has 1 aliphatic heterocycles. The van der Waals surface area contributed by atoms with Crippen LogP contribution in [0.1, 0.15) is 11.1 Å². The number of rotatable bonds is 2. The quantitative estimate of drug-likeness (QED) is 0.834. The van der Waals surface area contributed by atoms with Crippen LogP contribution < -0.4 is 4.74 Å². The smallest absolute Gasteiger partial charge is 0.126 e. The third-order valence-electron chi connectivity index (χ3n) is 3.78. The maximum atomic E-state index is 13.9. The van der Waals surface area contributed by atoms with Crippen molar-refractivity contribution >= 4 is 11.6 Å². The molecule has 1 atom stereocenters. The topological polar surface area (TPSA) is 33.0 Å². The molecule has 4 heteroatoms. The van der Waals surface area contributed by atoms with Crippen molar-refractivity contribution in [2.75, 3.05) is 6.61 Å². The highest BCUT2D eigenvalue weighted by Crippen LogP contribution is 2.37. The largest absolute Gasteiger partial charge is 0.492 e. The Morgan fingerprint density at radius 2 is 2.10 bits per heavy atom. The number of para-hydroxylation sites is 1. The second kappa shape index (κ2) is 5.38. The van der Waals surface area contributed by atoms with E-state index in [9.17, 15) is 9.65 Å². The van der Waals surface area contributed by atoms with Crippen molar-refractivity contribution in [2.24, 2.45) is 5.41 Å². The van der Waals surface area contributed by atoms with Crippen LogP contribution >= 0.6 is 11.6 Å². The van der Waals surface area contributed by atoms with Crippen molar-refractivity contribution in [1.29, 1.82) is 5.26 Å². The highest BCUT2D eigenvalue weighted by atomic mass is 35.5. The summed E-state index contributed by atoms with van der Waals surface area (Å²) in [6, 6.07) is 14.4. The molecule has 0 fully saturated rings. The van der Waals surface area contributed by atoms with Crippen LogP contribution in [0.5, 0.6) is 5.75 Å². The molecule has 0 saturated carbocycles. The first-order valence-electron chi connectivity index (χ1n) is 6.68. The molecule has 0 radical (unpaired) electrons. The highest BCUT2D eigenvalue weighted by Gasteiger charge is 2.37. The van der Waals surface area contributed by atoms with Gasteiger partial charge < -0.3 is 4.74 Å². The van der Waals surface area contributed by atoms with Crippen molar-refractivity contribution in [3.8, 4) is 11.8 Å². The van der Waals surface area contributed by atoms with Crippen LogP contribution in [0.3, 0.4) is 0 Å². The second-order valence-corrected chi connectivity index (χ2v) is 5.81. The zero-order chi connectivity index (χ0) is 14.9. The number of ether oxygens (including phenoxy) is 1. The molecule has 21 heavy (non-hydrogen) atoms. The predicted molar refractivity (Wildman–Crippen MR) is 78.8 cm³/mol. The molecule has 0 bridgehead atoms. The van der Waals surface area contributed by atoms with Gasteiger partial charge in [0.05, 0.1) is 11.5 Å². The van der Waals surface area contributed by atoms with Crippen molar-refractivity contribution in [3.05, 3.63) is 64.4 Å². The molecule has 0 aromatic heterocycles. The van der Waals surface area contributed by atoms with Crippen molar-refractivity contribution in [1.82, 2.24) is 0 Å². The summed E-state index contributed by atoms with van der Waals surface area (Å²) in [5.74, 6) is 0.461. The Morgan fingerprint density at radius 1 is 1.29 bits per heavy atom. The average Bonchev–Trinajstić information content (AvgIpc) is 2.51. The van der Waals surface area contributed by atoms with E-state index in [0.717, 1.165) is 11.3 Å². The maximum absolute atomic E-state index is 13.9. The lowest BCUT2D eigenvalue weighted by Gasteiger charge is -2.32. The molecule has 1 unspecified atom stereocenters. The SMILES string of the molecule is N#CC1(Cc2cc(Cl)ccc2F)COc2ccccc2C1. The monoisotopic (exact) mass is 301 g/mol. The van der Waals surface area contributed by atoms with Gasteiger partial charge in [0.1, 0.15) is 18.2 Å². The predicted octanol–water partition coefficient (Wildman–Crippen LogP) is 4.17. The summed E-state index contributed by atoms with van der Waals surface area (Å²) in [6.07, 6.45) is 0.829. The summed E-state index contributed by atoms with van der Waals surface area (Å²) in [6.45, 7) is 0.256. The molecule has 3 rings (SSSR count). The van der Waals surface area contributed by atoms with E-state index in [1.807, 2.05) is 24.3 Å². The van der Waals surface area contributed by atoms with E-state index in [4.69, 9.17) is 16.3 Å². The van der Waals surface area contributed by atoms with Gasteiger partial charge in [0.15, 0.2) is 0 Å². The molecule has 1 aliphatic rings. The zero-order valence-corrected chi connectivity index (χ0v) is 12.0. The number of halogens is 2. The lowest BCUT2D eigenvalue weighted by atomic mass is 9.77. The standard InChI is InChI=1S/C17H13ClFNO/c18-14-5-6-15(19)13(7-14)9-17(10-20)8-12-3-1-2-4-16(12)21-11-17/h1-7H,8-9,11H2. The van der Waals surface area contributed by atoms with Crippen LogP contribution in [0.2, 0.25) is 5.02 Å². The zero-order valence-electron chi connectivity index (χ0n) is 11.3. The lowest BCUT2D eigenvalue weighted by Crippen LogP contribution is -2.35. The van der Waals surface area contributed by atoms with E-state index in [0.29, 0.717) is 17.0 Å². The first kappa shape index (κ1) is 13.9. The average molecular weight is 302 g/mol. The van der Waals surface area contributed by atoms with Crippen LogP contribution in [-0.4, -0.2) is 6.61 Å². The number of fused-ring (bicyclic) bond motifs is 1. The van der Waals surface area contributed by atoms with Gasteiger partial charge >= 0.3 is 0 Å². The van der Waals surface area contributed by atoms with Gasteiger partial charge in [0.2, 0.25) is 0 Å². The first-order valence-corrected chi connectivity index (χ1v) is 7.06. The molecule has 2 aromatic rings.